The van der Waals surface area contributed by atoms with Crippen LogP contribution in [-0.2, 0) is 14.8 Å². The van der Waals surface area contributed by atoms with Crippen molar-refractivity contribution in [2.75, 3.05) is 19.7 Å². The van der Waals surface area contributed by atoms with Gasteiger partial charge in [-0.15, -0.1) is 0 Å². The van der Waals surface area contributed by atoms with E-state index < -0.39 is 22.6 Å². The van der Waals surface area contributed by atoms with Crippen molar-refractivity contribution >= 4 is 16.0 Å². The van der Waals surface area contributed by atoms with Gasteiger partial charge in [0.25, 0.3) is 0 Å². The summed E-state index contributed by atoms with van der Waals surface area (Å²) in [6, 6.07) is 5.70. The number of sulfonamides is 1. The molecule has 1 N–H and O–H groups in total. The largest absolute Gasteiger partial charge is 0.482 e. The van der Waals surface area contributed by atoms with Gasteiger partial charge < -0.3 is 9.84 Å². The van der Waals surface area contributed by atoms with E-state index in [4.69, 9.17) is 9.84 Å². The number of carboxylic acids is 1. The van der Waals surface area contributed by atoms with E-state index >= 15 is 0 Å². The van der Waals surface area contributed by atoms with Crippen LogP contribution in [-0.4, -0.2) is 43.5 Å². The van der Waals surface area contributed by atoms with E-state index in [1.165, 1.54) is 28.6 Å². The quantitative estimate of drug-likeness (QED) is 0.814. The number of aliphatic carboxylic acids is 1. The van der Waals surface area contributed by atoms with Crippen LogP contribution in [0.25, 0.3) is 0 Å². The van der Waals surface area contributed by atoms with Crippen LogP contribution in [0.2, 0.25) is 0 Å². The lowest BCUT2D eigenvalue weighted by Crippen LogP contribution is -2.30. The zero-order chi connectivity index (χ0) is 14.5. The molecular formula is C12H17NO5S. The van der Waals surface area contributed by atoms with Crippen molar-refractivity contribution < 1.29 is 23.1 Å². The van der Waals surface area contributed by atoms with Crippen molar-refractivity contribution in [3.63, 3.8) is 0 Å². The smallest absolute Gasteiger partial charge is 0.341 e. The normalized spacial score (nSPS) is 11.5. The maximum absolute atomic E-state index is 12.2. The van der Waals surface area contributed by atoms with Gasteiger partial charge in [0.05, 0.1) is 4.90 Å². The predicted octanol–water partition coefficient (Wildman–Crippen LogP) is 1.18. The van der Waals surface area contributed by atoms with Crippen molar-refractivity contribution in [2.45, 2.75) is 18.7 Å². The van der Waals surface area contributed by atoms with E-state index in [1.54, 1.807) is 13.8 Å². The molecule has 0 saturated heterocycles. The zero-order valence-corrected chi connectivity index (χ0v) is 11.7. The van der Waals surface area contributed by atoms with Crippen LogP contribution in [0.15, 0.2) is 29.2 Å². The highest BCUT2D eigenvalue weighted by Gasteiger charge is 2.21. The molecular weight excluding hydrogens is 270 g/mol. The summed E-state index contributed by atoms with van der Waals surface area (Å²) in [6.45, 7) is 3.88. The van der Waals surface area contributed by atoms with Gasteiger partial charge in [-0.25, -0.2) is 13.2 Å². The van der Waals surface area contributed by atoms with Gasteiger partial charge in [-0.05, 0) is 24.3 Å². The maximum Gasteiger partial charge on any atom is 0.341 e. The molecule has 1 aromatic rings. The zero-order valence-electron chi connectivity index (χ0n) is 10.9. The van der Waals surface area contributed by atoms with Crippen molar-refractivity contribution in [3.05, 3.63) is 24.3 Å². The second-order valence-corrected chi connectivity index (χ2v) is 5.68. The molecule has 0 aliphatic carbocycles. The lowest BCUT2D eigenvalue weighted by molar-refractivity contribution is -0.139. The Balaban J connectivity index is 2.89. The lowest BCUT2D eigenvalue weighted by Gasteiger charge is -2.18. The van der Waals surface area contributed by atoms with E-state index in [9.17, 15) is 13.2 Å². The number of hydrogen-bond acceptors (Lipinski definition) is 4. The van der Waals surface area contributed by atoms with Gasteiger partial charge in [0.2, 0.25) is 10.0 Å². The van der Waals surface area contributed by atoms with E-state index in [-0.39, 0.29) is 4.90 Å². The molecule has 0 aliphatic heterocycles. The van der Waals surface area contributed by atoms with E-state index in [0.29, 0.717) is 18.8 Å². The van der Waals surface area contributed by atoms with E-state index in [2.05, 4.69) is 0 Å². The standard InChI is InChI=1S/C12H17NO5S/c1-3-13(4-2)19(16,17)11-7-5-10(6-8-11)18-9-12(14)15/h5-8H,3-4,9H2,1-2H3,(H,14,15). The molecule has 0 fully saturated rings. The number of rotatable bonds is 7. The molecule has 0 saturated carbocycles. The van der Waals surface area contributed by atoms with E-state index in [1.807, 2.05) is 0 Å². The fourth-order valence-electron chi connectivity index (χ4n) is 1.57. The first-order valence-electron chi connectivity index (χ1n) is 5.86. The Morgan fingerprint density at radius 1 is 1.21 bits per heavy atom. The van der Waals surface area contributed by atoms with Crippen LogP contribution in [0.5, 0.6) is 5.75 Å². The number of ether oxygens (including phenoxy) is 1. The molecule has 0 radical (unpaired) electrons. The Morgan fingerprint density at radius 2 is 1.74 bits per heavy atom. The molecule has 0 aromatic heterocycles. The van der Waals surface area contributed by atoms with Gasteiger partial charge in [-0.1, -0.05) is 13.8 Å². The lowest BCUT2D eigenvalue weighted by atomic mass is 10.3. The number of hydrogen-bond donors (Lipinski definition) is 1. The van der Waals surface area contributed by atoms with Crippen LogP contribution in [0.3, 0.4) is 0 Å². The predicted molar refractivity (Wildman–Crippen MR) is 69.7 cm³/mol. The molecule has 0 bridgehead atoms. The molecule has 1 aromatic carbocycles. The van der Waals surface area contributed by atoms with Crippen LogP contribution >= 0.6 is 0 Å². The Labute approximate surface area is 112 Å². The summed E-state index contributed by atoms with van der Waals surface area (Å²) in [7, 11) is -3.49. The SMILES string of the molecule is CCN(CC)S(=O)(=O)c1ccc(OCC(=O)O)cc1. The van der Waals surface area contributed by atoms with Crippen LogP contribution in [0, 0.1) is 0 Å². The Hall–Kier alpha value is -1.60. The topological polar surface area (TPSA) is 83.9 Å². The van der Waals surface area contributed by atoms with Crippen molar-refractivity contribution in [1.29, 1.82) is 0 Å². The van der Waals surface area contributed by atoms with Gasteiger partial charge in [0, 0.05) is 13.1 Å². The number of benzene rings is 1. The molecule has 106 valence electrons. The highest BCUT2D eigenvalue weighted by molar-refractivity contribution is 7.89. The van der Waals surface area contributed by atoms with Crippen molar-refractivity contribution in [1.82, 2.24) is 4.31 Å². The molecule has 7 heteroatoms. The molecule has 0 amide bonds. The number of carboxylic acid groups (broad SMARTS) is 1. The summed E-state index contributed by atoms with van der Waals surface area (Å²) in [4.78, 5) is 10.5. The van der Waals surface area contributed by atoms with Crippen LogP contribution in [0.1, 0.15) is 13.8 Å². The molecule has 1 rings (SSSR count). The summed E-state index contributed by atoms with van der Waals surface area (Å²) in [6.07, 6.45) is 0. The third kappa shape index (κ3) is 3.93. The number of nitrogens with zero attached hydrogens (tertiary/aromatic N) is 1. The van der Waals surface area contributed by atoms with E-state index in [0.717, 1.165) is 0 Å². The molecule has 0 unspecified atom stereocenters. The Bertz CT molecular complexity index is 520. The highest BCUT2D eigenvalue weighted by atomic mass is 32.2. The third-order valence-corrected chi connectivity index (χ3v) is 4.59. The molecule has 0 spiro atoms. The molecule has 0 heterocycles. The average molecular weight is 287 g/mol. The minimum absolute atomic E-state index is 0.166. The summed E-state index contributed by atoms with van der Waals surface area (Å²) < 4.78 is 30.6. The first kappa shape index (κ1) is 15.5. The van der Waals surface area contributed by atoms with Gasteiger partial charge in [-0.2, -0.15) is 4.31 Å². The summed E-state index contributed by atoms with van der Waals surface area (Å²) in [5.41, 5.74) is 0. The second-order valence-electron chi connectivity index (χ2n) is 3.74. The van der Waals surface area contributed by atoms with Gasteiger partial charge in [0.1, 0.15) is 5.75 Å². The summed E-state index contributed by atoms with van der Waals surface area (Å²) in [5.74, 6) is -0.763. The molecule has 6 nitrogen and oxygen atoms in total. The second kappa shape index (κ2) is 6.53. The fraction of sp³-hybridized carbons (Fsp3) is 0.417. The molecule has 0 aliphatic rings. The minimum Gasteiger partial charge on any atom is -0.482 e. The fourth-order valence-corrected chi connectivity index (χ4v) is 3.02. The average Bonchev–Trinajstić information content (AvgIpc) is 2.38. The first-order chi connectivity index (χ1) is 8.91. The highest BCUT2D eigenvalue weighted by Crippen LogP contribution is 2.19. The Morgan fingerprint density at radius 3 is 2.16 bits per heavy atom. The van der Waals surface area contributed by atoms with Gasteiger partial charge >= 0.3 is 5.97 Å². The third-order valence-electron chi connectivity index (χ3n) is 2.53. The van der Waals surface area contributed by atoms with Crippen LogP contribution < -0.4 is 4.74 Å². The summed E-state index contributed by atoms with van der Waals surface area (Å²) >= 11 is 0. The van der Waals surface area contributed by atoms with Gasteiger partial charge in [0.15, 0.2) is 6.61 Å². The van der Waals surface area contributed by atoms with Crippen molar-refractivity contribution in [2.24, 2.45) is 0 Å². The Kier molecular flexibility index (Phi) is 5.31. The first-order valence-corrected chi connectivity index (χ1v) is 7.30. The monoisotopic (exact) mass is 287 g/mol. The number of carbonyl (C=O) groups is 1. The van der Waals surface area contributed by atoms with Gasteiger partial charge in [-0.3, -0.25) is 0 Å². The molecule has 19 heavy (non-hydrogen) atoms. The minimum atomic E-state index is -3.49. The van der Waals surface area contributed by atoms with Crippen LogP contribution in [0.4, 0.5) is 0 Å². The summed E-state index contributed by atoms with van der Waals surface area (Å²) in [5, 5.41) is 8.47. The molecule has 0 atom stereocenters. The van der Waals surface area contributed by atoms with Crippen molar-refractivity contribution in [3.8, 4) is 5.75 Å². The maximum atomic E-state index is 12.2.